The van der Waals surface area contributed by atoms with Gasteiger partial charge in [-0.1, -0.05) is 24.2 Å². The van der Waals surface area contributed by atoms with Crippen molar-refractivity contribution < 1.29 is 9.18 Å². The van der Waals surface area contributed by atoms with Gasteiger partial charge in [0.2, 0.25) is 0 Å². The number of halogens is 1. The average Bonchev–Trinajstić information content (AvgIpc) is 2.90. The summed E-state index contributed by atoms with van der Waals surface area (Å²) in [6.07, 6.45) is 6.35. The van der Waals surface area contributed by atoms with E-state index in [1.54, 1.807) is 0 Å². The summed E-state index contributed by atoms with van der Waals surface area (Å²) < 4.78 is 13.7. The fraction of sp³-hybridized carbons (Fsp3) is 0.577. The van der Waals surface area contributed by atoms with Gasteiger partial charge >= 0.3 is 0 Å². The molecule has 3 heterocycles. The van der Waals surface area contributed by atoms with Crippen LogP contribution in [0.4, 0.5) is 10.2 Å². The number of rotatable bonds is 8. The molecule has 2 aliphatic rings. The highest BCUT2D eigenvalue weighted by atomic mass is 19.1. The maximum absolute atomic E-state index is 13.7. The second kappa shape index (κ2) is 11.7. The lowest BCUT2D eigenvalue weighted by atomic mass is 9.98. The number of nitroso groups, excluding NO2 is 1. The molecule has 0 spiro atoms. The maximum atomic E-state index is 13.7. The van der Waals surface area contributed by atoms with Crippen molar-refractivity contribution in [2.24, 2.45) is 5.18 Å². The molecule has 0 radical (unpaired) electrons. The SMILES string of the molecule is CCc1cc(CCNc2ncnc(C(=O)N3CCC(N4CCC(N=O)CC4)CC3)c2C)ccc1F. The van der Waals surface area contributed by atoms with Crippen molar-refractivity contribution in [3.05, 3.63) is 57.6 Å². The van der Waals surface area contributed by atoms with Gasteiger partial charge in [-0.05, 0) is 62.6 Å². The minimum atomic E-state index is -0.164. The van der Waals surface area contributed by atoms with E-state index in [-0.39, 0.29) is 17.8 Å². The Hall–Kier alpha value is -2.94. The topological polar surface area (TPSA) is 90.8 Å². The summed E-state index contributed by atoms with van der Waals surface area (Å²) in [5.41, 5.74) is 2.97. The predicted octanol–water partition coefficient (Wildman–Crippen LogP) is 3.98. The highest BCUT2D eigenvalue weighted by Gasteiger charge is 2.31. The Morgan fingerprint density at radius 1 is 1.14 bits per heavy atom. The van der Waals surface area contributed by atoms with Crippen LogP contribution in [0.2, 0.25) is 0 Å². The quantitative estimate of drug-likeness (QED) is 0.573. The van der Waals surface area contributed by atoms with Crippen molar-refractivity contribution in [3.8, 4) is 0 Å². The van der Waals surface area contributed by atoms with Crippen molar-refractivity contribution >= 4 is 11.7 Å². The van der Waals surface area contributed by atoms with Crippen molar-refractivity contribution in [2.45, 2.75) is 64.5 Å². The van der Waals surface area contributed by atoms with Crippen molar-refractivity contribution in [2.75, 3.05) is 38.0 Å². The molecule has 0 atom stereocenters. The number of carbonyl (C=O) groups is 1. The second-order valence-corrected chi connectivity index (χ2v) is 9.55. The monoisotopic (exact) mass is 482 g/mol. The van der Waals surface area contributed by atoms with Gasteiger partial charge in [0.05, 0.1) is 6.04 Å². The van der Waals surface area contributed by atoms with Crippen molar-refractivity contribution in [1.82, 2.24) is 19.8 Å². The van der Waals surface area contributed by atoms with Crippen molar-refractivity contribution in [1.29, 1.82) is 0 Å². The van der Waals surface area contributed by atoms with Crippen LogP contribution in [-0.2, 0) is 12.8 Å². The van der Waals surface area contributed by atoms with E-state index in [9.17, 15) is 14.1 Å². The number of hydrogen-bond donors (Lipinski definition) is 1. The van der Waals surface area contributed by atoms with Gasteiger partial charge in [0.1, 0.15) is 23.7 Å². The molecule has 1 aromatic heterocycles. The first-order valence-electron chi connectivity index (χ1n) is 12.7. The third-order valence-electron chi connectivity index (χ3n) is 7.40. The average molecular weight is 483 g/mol. The molecule has 188 valence electrons. The van der Waals surface area contributed by atoms with Gasteiger partial charge in [0, 0.05) is 44.3 Å². The van der Waals surface area contributed by atoms with Gasteiger partial charge in [-0.25, -0.2) is 14.4 Å². The Bertz CT molecular complexity index is 1030. The van der Waals surface area contributed by atoms with E-state index < -0.39 is 0 Å². The molecule has 2 saturated heterocycles. The number of benzene rings is 1. The summed E-state index contributed by atoms with van der Waals surface area (Å²) in [5, 5.41) is 6.51. The van der Waals surface area contributed by atoms with E-state index in [0.29, 0.717) is 43.6 Å². The molecular formula is C26H35FN6O2. The highest BCUT2D eigenvalue weighted by molar-refractivity contribution is 5.94. The summed E-state index contributed by atoms with van der Waals surface area (Å²) in [7, 11) is 0. The standard InChI is InChI=1S/C26H35FN6O2/c1-3-20-16-19(4-5-23(20)27)6-11-28-25-18(2)24(29-17-30-25)26(34)33-14-9-22(10-15-33)32-12-7-21(31-35)8-13-32/h4-5,16-17,21-22H,3,6-15H2,1-2H3,(H,28,29,30). The van der Waals surface area contributed by atoms with E-state index in [1.807, 2.05) is 30.9 Å². The molecule has 0 aliphatic carbocycles. The van der Waals surface area contributed by atoms with Gasteiger partial charge in [-0.3, -0.25) is 4.79 Å². The molecule has 2 fully saturated rings. The first-order valence-corrected chi connectivity index (χ1v) is 12.7. The first-order chi connectivity index (χ1) is 17.0. The third kappa shape index (κ3) is 6.01. The molecule has 9 heteroatoms. The van der Waals surface area contributed by atoms with E-state index >= 15 is 0 Å². The van der Waals surface area contributed by atoms with Crippen LogP contribution in [0, 0.1) is 17.6 Å². The molecule has 35 heavy (non-hydrogen) atoms. The highest BCUT2D eigenvalue weighted by Crippen LogP contribution is 2.24. The number of nitrogens with one attached hydrogen (secondary N) is 1. The molecule has 1 aromatic carbocycles. The first kappa shape index (κ1) is 25.2. The number of nitrogens with zero attached hydrogens (tertiary/aromatic N) is 5. The van der Waals surface area contributed by atoms with Gasteiger partial charge in [0.25, 0.3) is 5.91 Å². The summed E-state index contributed by atoms with van der Waals surface area (Å²) in [4.78, 5) is 37.0. The van der Waals surface area contributed by atoms with Crippen LogP contribution < -0.4 is 5.32 Å². The molecule has 1 N–H and O–H groups in total. The molecule has 2 aromatic rings. The fourth-order valence-corrected chi connectivity index (χ4v) is 5.16. The number of piperidine rings is 2. The van der Waals surface area contributed by atoms with E-state index in [2.05, 4.69) is 25.4 Å². The van der Waals surface area contributed by atoms with E-state index in [0.717, 1.165) is 61.9 Å². The van der Waals surface area contributed by atoms with E-state index in [1.165, 1.54) is 12.4 Å². The number of likely N-dealkylation sites (tertiary alicyclic amines) is 2. The van der Waals surface area contributed by atoms with Crippen LogP contribution in [0.5, 0.6) is 0 Å². The molecule has 0 saturated carbocycles. The van der Waals surface area contributed by atoms with Gasteiger partial charge < -0.3 is 15.1 Å². The Kier molecular flexibility index (Phi) is 8.38. The zero-order chi connectivity index (χ0) is 24.8. The zero-order valence-electron chi connectivity index (χ0n) is 20.7. The lowest BCUT2D eigenvalue weighted by Gasteiger charge is -2.40. The molecule has 0 bridgehead atoms. The smallest absolute Gasteiger partial charge is 0.272 e. The van der Waals surface area contributed by atoms with Gasteiger partial charge in [-0.2, -0.15) is 4.91 Å². The fourth-order valence-electron chi connectivity index (χ4n) is 5.16. The van der Waals surface area contributed by atoms with Gasteiger partial charge in [0.15, 0.2) is 0 Å². The number of aromatic nitrogens is 2. The molecule has 1 amide bonds. The predicted molar refractivity (Wildman–Crippen MR) is 134 cm³/mol. The molecule has 2 aliphatic heterocycles. The largest absolute Gasteiger partial charge is 0.369 e. The molecule has 8 nitrogen and oxygen atoms in total. The summed E-state index contributed by atoms with van der Waals surface area (Å²) in [5.74, 6) is 0.437. The van der Waals surface area contributed by atoms with Crippen LogP contribution >= 0.6 is 0 Å². The number of amides is 1. The summed E-state index contributed by atoms with van der Waals surface area (Å²) in [6, 6.07) is 5.65. The minimum Gasteiger partial charge on any atom is -0.369 e. The minimum absolute atomic E-state index is 0.0408. The van der Waals surface area contributed by atoms with Gasteiger partial charge in [-0.15, -0.1) is 0 Å². The van der Waals surface area contributed by atoms with Crippen molar-refractivity contribution in [3.63, 3.8) is 0 Å². The van der Waals surface area contributed by atoms with Crippen LogP contribution in [-0.4, -0.2) is 70.5 Å². The molecular weight excluding hydrogens is 447 g/mol. The number of aryl methyl sites for hydroxylation is 1. The Balaban J connectivity index is 1.31. The zero-order valence-corrected chi connectivity index (χ0v) is 20.7. The van der Waals surface area contributed by atoms with Crippen LogP contribution in [0.15, 0.2) is 29.7 Å². The molecule has 0 unspecified atom stereocenters. The number of carbonyl (C=O) groups excluding carboxylic acids is 1. The number of anilines is 1. The maximum Gasteiger partial charge on any atom is 0.272 e. The Morgan fingerprint density at radius 3 is 2.57 bits per heavy atom. The number of hydrogen-bond acceptors (Lipinski definition) is 7. The summed E-state index contributed by atoms with van der Waals surface area (Å²) in [6.45, 7) is 7.67. The normalized spacial score (nSPS) is 18.0. The molecule has 4 rings (SSSR count). The summed E-state index contributed by atoms with van der Waals surface area (Å²) >= 11 is 0. The van der Waals surface area contributed by atoms with E-state index in [4.69, 9.17) is 0 Å². The Labute approximate surface area is 206 Å². The lowest BCUT2D eigenvalue weighted by Crippen LogP contribution is -2.49. The second-order valence-electron chi connectivity index (χ2n) is 9.55. The lowest BCUT2D eigenvalue weighted by molar-refractivity contribution is 0.0574. The van der Waals surface area contributed by atoms with Crippen LogP contribution in [0.3, 0.4) is 0 Å². The third-order valence-corrected chi connectivity index (χ3v) is 7.40. The van der Waals surface area contributed by atoms with Crippen LogP contribution in [0.25, 0.3) is 0 Å². The Morgan fingerprint density at radius 2 is 1.89 bits per heavy atom. The van der Waals surface area contributed by atoms with Crippen LogP contribution in [0.1, 0.15) is 59.8 Å².